The average molecular weight is 279 g/mol. The number of carbonyl (C=O) groups is 2. The molecule has 1 aromatic heterocycles. The van der Waals surface area contributed by atoms with Crippen molar-refractivity contribution < 1.29 is 14.7 Å². The van der Waals surface area contributed by atoms with Gasteiger partial charge in [0.1, 0.15) is 5.82 Å². The summed E-state index contributed by atoms with van der Waals surface area (Å²) in [4.78, 5) is 27.5. The van der Waals surface area contributed by atoms with Crippen molar-refractivity contribution in [3.05, 3.63) is 18.2 Å². The zero-order valence-corrected chi connectivity index (χ0v) is 11.9. The summed E-state index contributed by atoms with van der Waals surface area (Å²) < 4.78 is 1.91. The van der Waals surface area contributed by atoms with Crippen LogP contribution in [0.3, 0.4) is 0 Å². The molecule has 1 saturated carbocycles. The Kier molecular flexibility index (Phi) is 4.42. The molecule has 0 saturated heterocycles. The minimum Gasteiger partial charge on any atom is -0.481 e. The molecule has 6 heteroatoms. The Balaban J connectivity index is 1.85. The fraction of sp³-hybridized carbons (Fsp3) is 0.643. The number of hydrogen-bond donors (Lipinski definition) is 2. The van der Waals surface area contributed by atoms with Crippen LogP contribution < -0.4 is 5.32 Å². The van der Waals surface area contributed by atoms with Gasteiger partial charge in [-0.15, -0.1) is 0 Å². The predicted molar refractivity (Wildman–Crippen MR) is 72.9 cm³/mol. The minimum absolute atomic E-state index is 0.143. The number of carbonyl (C=O) groups excluding carboxylic acids is 1. The molecule has 2 N–H and O–H groups in total. The van der Waals surface area contributed by atoms with Gasteiger partial charge in [0.05, 0.1) is 11.8 Å². The molecular formula is C14H21N3O3. The molecule has 1 amide bonds. The van der Waals surface area contributed by atoms with Gasteiger partial charge in [-0.2, -0.15) is 0 Å². The monoisotopic (exact) mass is 279 g/mol. The van der Waals surface area contributed by atoms with E-state index in [2.05, 4.69) is 10.3 Å². The van der Waals surface area contributed by atoms with E-state index in [1.54, 1.807) is 6.20 Å². The van der Waals surface area contributed by atoms with Crippen molar-refractivity contribution in [1.82, 2.24) is 14.9 Å². The molecule has 0 aromatic carbocycles. The van der Waals surface area contributed by atoms with Crippen molar-refractivity contribution in [2.45, 2.75) is 26.2 Å². The third-order valence-corrected chi connectivity index (χ3v) is 4.02. The molecule has 1 aliphatic rings. The fourth-order valence-corrected chi connectivity index (χ4v) is 2.92. The van der Waals surface area contributed by atoms with Crippen LogP contribution in [-0.2, 0) is 23.1 Å². The van der Waals surface area contributed by atoms with Crippen LogP contribution >= 0.6 is 0 Å². The van der Waals surface area contributed by atoms with Crippen molar-refractivity contribution in [2.24, 2.45) is 24.8 Å². The molecule has 0 bridgehead atoms. The molecular weight excluding hydrogens is 258 g/mol. The lowest BCUT2D eigenvalue weighted by atomic mass is 9.95. The van der Waals surface area contributed by atoms with Gasteiger partial charge in [0.2, 0.25) is 5.91 Å². The van der Waals surface area contributed by atoms with Gasteiger partial charge in [-0.1, -0.05) is 6.92 Å². The maximum atomic E-state index is 12.1. The largest absolute Gasteiger partial charge is 0.481 e. The number of aryl methyl sites for hydroxylation is 1. The van der Waals surface area contributed by atoms with Gasteiger partial charge in [-0.25, -0.2) is 4.98 Å². The molecule has 1 unspecified atom stereocenters. The number of amides is 1. The summed E-state index contributed by atoms with van der Waals surface area (Å²) in [6, 6.07) is 0. The second-order valence-electron chi connectivity index (χ2n) is 5.62. The molecule has 0 radical (unpaired) electrons. The second kappa shape index (κ2) is 6.07. The van der Waals surface area contributed by atoms with Crippen LogP contribution in [0.1, 0.15) is 25.6 Å². The summed E-state index contributed by atoms with van der Waals surface area (Å²) in [5.41, 5.74) is 0. The summed E-state index contributed by atoms with van der Waals surface area (Å²) in [5, 5.41) is 12.0. The molecule has 20 heavy (non-hydrogen) atoms. The number of carboxylic acids is 1. The van der Waals surface area contributed by atoms with Crippen molar-refractivity contribution in [3.8, 4) is 0 Å². The molecule has 1 aromatic rings. The Bertz CT molecular complexity index is 498. The number of aromatic nitrogens is 2. The highest BCUT2D eigenvalue weighted by atomic mass is 16.4. The van der Waals surface area contributed by atoms with Crippen molar-refractivity contribution in [1.29, 1.82) is 0 Å². The highest BCUT2D eigenvalue weighted by molar-refractivity contribution is 5.85. The van der Waals surface area contributed by atoms with Crippen LogP contribution in [0.4, 0.5) is 0 Å². The molecule has 0 spiro atoms. The maximum Gasteiger partial charge on any atom is 0.307 e. The summed E-state index contributed by atoms with van der Waals surface area (Å²) in [5.74, 6) is -0.752. The van der Waals surface area contributed by atoms with Gasteiger partial charge in [0.15, 0.2) is 0 Å². The third-order valence-electron chi connectivity index (χ3n) is 4.02. The number of nitrogens with zero attached hydrogens (tertiary/aromatic N) is 2. The molecule has 0 aliphatic heterocycles. The van der Waals surface area contributed by atoms with E-state index in [0.717, 1.165) is 5.82 Å². The first kappa shape index (κ1) is 14.6. The average Bonchev–Trinajstić information content (AvgIpc) is 2.96. The summed E-state index contributed by atoms with van der Waals surface area (Å²) >= 11 is 0. The standard InChI is InChI=1S/C14H21N3O3/c1-9-7-10(11(8-9)14(19)20)13(18)16-4-3-12-15-5-6-17(12)2/h5-6,9-11H,3-4,7-8H2,1-2H3,(H,16,18)(H,19,20)/t9?,10-,11+/m0/s1. The number of rotatable bonds is 5. The van der Waals surface area contributed by atoms with E-state index in [0.29, 0.717) is 31.7 Å². The van der Waals surface area contributed by atoms with Gasteiger partial charge in [0, 0.05) is 32.4 Å². The molecule has 3 atom stereocenters. The van der Waals surface area contributed by atoms with E-state index in [1.807, 2.05) is 24.7 Å². The molecule has 1 aliphatic carbocycles. The topological polar surface area (TPSA) is 84.2 Å². The normalized spacial score (nSPS) is 25.6. The number of nitrogens with one attached hydrogen (secondary N) is 1. The lowest BCUT2D eigenvalue weighted by Crippen LogP contribution is -2.36. The highest BCUT2D eigenvalue weighted by Gasteiger charge is 2.40. The van der Waals surface area contributed by atoms with Crippen LogP contribution in [0.2, 0.25) is 0 Å². The highest BCUT2D eigenvalue weighted by Crippen LogP contribution is 2.36. The molecule has 1 heterocycles. The quantitative estimate of drug-likeness (QED) is 0.836. The first-order valence-electron chi connectivity index (χ1n) is 6.95. The minimum atomic E-state index is -0.862. The summed E-state index contributed by atoms with van der Waals surface area (Å²) in [7, 11) is 1.91. The van der Waals surface area contributed by atoms with Crippen LogP contribution in [0.5, 0.6) is 0 Å². The first-order chi connectivity index (χ1) is 9.49. The van der Waals surface area contributed by atoms with Crippen LogP contribution in [0, 0.1) is 17.8 Å². The van der Waals surface area contributed by atoms with Gasteiger partial charge in [0.25, 0.3) is 0 Å². The first-order valence-corrected chi connectivity index (χ1v) is 6.95. The van der Waals surface area contributed by atoms with Crippen LogP contribution in [0.15, 0.2) is 12.4 Å². The number of carboxylic acid groups (broad SMARTS) is 1. The van der Waals surface area contributed by atoms with E-state index < -0.39 is 17.8 Å². The molecule has 1 fully saturated rings. The Labute approximate surface area is 118 Å². The second-order valence-corrected chi connectivity index (χ2v) is 5.62. The molecule has 110 valence electrons. The number of hydrogen-bond acceptors (Lipinski definition) is 3. The van der Waals surface area contributed by atoms with Crippen LogP contribution in [-0.4, -0.2) is 33.1 Å². The SMILES string of the molecule is CC1C[C@H](C(=O)NCCc2nccn2C)[C@H](C(=O)O)C1. The lowest BCUT2D eigenvalue weighted by Gasteiger charge is -2.15. The van der Waals surface area contributed by atoms with E-state index in [-0.39, 0.29) is 5.91 Å². The molecule has 2 rings (SSSR count). The van der Waals surface area contributed by atoms with Crippen molar-refractivity contribution in [2.75, 3.05) is 6.54 Å². The summed E-state index contributed by atoms with van der Waals surface area (Å²) in [6.07, 6.45) is 5.47. The zero-order valence-electron chi connectivity index (χ0n) is 11.9. The van der Waals surface area contributed by atoms with E-state index in [4.69, 9.17) is 5.11 Å². The van der Waals surface area contributed by atoms with Crippen molar-refractivity contribution >= 4 is 11.9 Å². The maximum absolute atomic E-state index is 12.1. The van der Waals surface area contributed by atoms with E-state index >= 15 is 0 Å². The predicted octanol–water partition coefficient (Wildman–Crippen LogP) is 0.826. The Hall–Kier alpha value is -1.85. The Morgan fingerprint density at radius 1 is 1.45 bits per heavy atom. The third kappa shape index (κ3) is 3.18. The zero-order chi connectivity index (χ0) is 14.7. The van der Waals surface area contributed by atoms with E-state index in [1.165, 1.54) is 0 Å². The van der Waals surface area contributed by atoms with Gasteiger partial charge >= 0.3 is 5.97 Å². The Morgan fingerprint density at radius 3 is 2.75 bits per heavy atom. The van der Waals surface area contributed by atoms with Gasteiger partial charge < -0.3 is 15.0 Å². The number of imidazole rings is 1. The lowest BCUT2D eigenvalue weighted by molar-refractivity contribution is -0.146. The van der Waals surface area contributed by atoms with Gasteiger partial charge in [-0.3, -0.25) is 9.59 Å². The van der Waals surface area contributed by atoms with Crippen LogP contribution in [0.25, 0.3) is 0 Å². The van der Waals surface area contributed by atoms with E-state index in [9.17, 15) is 9.59 Å². The smallest absolute Gasteiger partial charge is 0.307 e. The number of aliphatic carboxylic acids is 1. The molecule has 6 nitrogen and oxygen atoms in total. The van der Waals surface area contributed by atoms with Crippen molar-refractivity contribution in [3.63, 3.8) is 0 Å². The van der Waals surface area contributed by atoms with Gasteiger partial charge in [-0.05, 0) is 18.8 Å². The summed E-state index contributed by atoms with van der Waals surface area (Å²) in [6.45, 7) is 2.48. The fourth-order valence-electron chi connectivity index (χ4n) is 2.92. The Morgan fingerprint density at radius 2 is 2.15 bits per heavy atom.